The van der Waals surface area contributed by atoms with Crippen LogP contribution in [0.3, 0.4) is 0 Å². The molecule has 1 aliphatic heterocycles. The predicted octanol–water partition coefficient (Wildman–Crippen LogP) is 4.70. The van der Waals surface area contributed by atoms with Gasteiger partial charge < -0.3 is 14.2 Å². The monoisotopic (exact) mass is 408 g/mol. The maximum absolute atomic E-state index is 12.8. The predicted molar refractivity (Wildman–Crippen MR) is 108 cm³/mol. The van der Waals surface area contributed by atoms with Gasteiger partial charge >= 0.3 is 5.97 Å². The number of rotatable bonds is 5. The van der Waals surface area contributed by atoms with Crippen molar-refractivity contribution < 1.29 is 23.8 Å². The minimum Gasteiger partial charge on any atom is -0.486 e. The van der Waals surface area contributed by atoms with E-state index in [0.29, 0.717) is 46.4 Å². The van der Waals surface area contributed by atoms with E-state index >= 15 is 0 Å². The van der Waals surface area contributed by atoms with E-state index in [1.165, 1.54) is 0 Å². The first-order valence-electron chi connectivity index (χ1n) is 9.07. The molecule has 0 atom stereocenters. The summed E-state index contributed by atoms with van der Waals surface area (Å²) in [7, 11) is 0. The summed E-state index contributed by atoms with van der Waals surface area (Å²) in [5.41, 5.74) is 1.68. The van der Waals surface area contributed by atoms with Crippen molar-refractivity contribution in [3.63, 3.8) is 0 Å². The third-order valence-electron chi connectivity index (χ3n) is 4.45. The number of hydrogen-bond donors (Lipinski definition) is 0. The lowest BCUT2D eigenvalue weighted by Crippen LogP contribution is -2.16. The van der Waals surface area contributed by atoms with Crippen LogP contribution < -0.4 is 9.47 Å². The Hall–Kier alpha value is -3.31. The summed E-state index contributed by atoms with van der Waals surface area (Å²) in [5, 5.41) is 0.396. The van der Waals surface area contributed by atoms with Gasteiger partial charge in [-0.3, -0.25) is 4.79 Å². The van der Waals surface area contributed by atoms with Gasteiger partial charge in [0.2, 0.25) is 0 Å². The van der Waals surface area contributed by atoms with E-state index in [0.717, 1.165) is 0 Å². The molecule has 0 saturated heterocycles. The van der Waals surface area contributed by atoms with Crippen molar-refractivity contribution in [3.8, 4) is 11.5 Å². The van der Waals surface area contributed by atoms with E-state index in [2.05, 4.69) is 0 Å². The minimum atomic E-state index is -0.587. The van der Waals surface area contributed by atoms with Gasteiger partial charge in [0.25, 0.3) is 0 Å². The van der Waals surface area contributed by atoms with E-state index in [1.54, 1.807) is 60.7 Å². The Morgan fingerprint density at radius 1 is 0.897 bits per heavy atom. The first-order valence-corrected chi connectivity index (χ1v) is 9.45. The molecule has 5 nitrogen and oxygen atoms in total. The largest absolute Gasteiger partial charge is 0.486 e. The number of hydrogen-bond acceptors (Lipinski definition) is 5. The van der Waals surface area contributed by atoms with Crippen LogP contribution in [0.2, 0.25) is 5.02 Å². The van der Waals surface area contributed by atoms with E-state index in [9.17, 15) is 9.59 Å². The Labute approximate surface area is 172 Å². The molecule has 0 aliphatic carbocycles. The van der Waals surface area contributed by atoms with Crippen molar-refractivity contribution >= 4 is 23.4 Å². The number of carbonyl (C=O) groups excluding carboxylic acids is 2. The van der Waals surface area contributed by atoms with Crippen LogP contribution in [0.1, 0.15) is 31.8 Å². The second-order valence-electron chi connectivity index (χ2n) is 6.42. The fraction of sp³-hybridized carbons (Fsp3) is 0.130. The molecular weight excluding hydrogens is 392 g/mol. The number of esters is 1. The number of halogens is 1. The van der Waals surface area contributed by atoms with Crippen LogP contribution in [0, 0.1) is 0 Å². The van der Waals surface area contributed by atoms with E-state index < -0.39 is 5.97 Å². The smallest absolute Gasteiger partial charge is 0.339 e. The van der Waals surface area contributed by atoms with E-state index in [-0.39, 0.29) is 18.0 Å². The number of benzene rings is 3. The van der Waals surface area contributed by atoms with Gasteiger partial charge in [0.15, 0.2) is 17.3 Å². The Morgan fingerprint density at radius 2 is 1.59 bits per heavy atom. The summed E-state index contributed by atoms with van der Waals surface area (Å²) in [6, 6.07) is 18.8. The molecule has 4 rings (SSSR count). The zero-order chi connectivity index (χ0) is 20.2. The first-order chi connectivity index (χ1) is 14.1. The summed E-state index contributed by atoms with van der Waals surface area (Å²) in [6.07, 6.45) is 0. The Balaban J connectivity index is 1.53. The first kappa shape index (κ1) is 19.0. The van der Waals surface area contributed by atoms with Gasteiger partial charge in [-0.25, -0.2) is 4.79 Å². The topological polar surface area (TPSA) is 61.8 Å². The number of carbonyl (C=O) groups is 2. The molecule has 0 spiro atoms. The summed E-state index contributed by atoms with van der Waals surface area (Å²) < 4.78 is 16.5. The van der Waals surface area contributed by atoms with Crippen LogP contribution in [0.4, 0.5) is 0 Å². The number of fused-ring (bicyclic) bond motifs is 1. The molecule has 1 heterocycles. The highest BCUT2D eigenvalue weighted by atomic mass is 35.5. The molecule has 0 N–H and O–H groups in total. The third kappa shape index (κ3) is 4.10. The highest BCUT2D eigenvalue weighted by Crippen LogP contribution is 2.38. The molecule has 0 amide bonds. The molecule has 29 heavy (non-hydrogen) atoms. The van der Waals surface area contributed by atoms with Gasteiger partial charge in [-0.05, 0) is 23.8 Å². The van der Waals surface area contributed by atoms with Crippen molar-refractivity contribution in [3.05, 3.63) is 94.0 Å². The second-order valence-corrected chi connectivity index (χ2v) is 6.83. The van der Waals surface area contributed by atoms with Gasteiger partial charge in [0.05, 0.1) is 10.6 Å². The van der Waals surface area contributed by atoms with Crippen LogP contribution >= 0.6 is 11.6 Å². The van der Waals surface area contributed by atoms with Crippen molar-refractivity contribution in [1.82, 2.24) is 0 Å². The molecule has 3 aromatic carbocycles. The van der Waals surface area contributed by atoms with Crippen molar-refractivity contribution in [2.75, 3.05) is 13.2 Å². The SMILES string of the molecule is O=C(OCc1cc(Cl)c2c(c1)OCCO2)c1ccccc1C(=O)c1ccccc1. The van der Waals surface area contributed by atoms with Crippen LogP contribution in [0.5, 0.6) is 11.5 Å². The highest BCUT2D eigenvalue weighted by Gasteiger charge is 2.20. The van der Waals surface area contributed by atoms with Crippen LogP contribution in [-0.4, -0.2) is 25.0 Å². The van der Waals surface area contributed by atoms with Gasteiger partial charge in [0.1, 0.15) is 19.8 Å². The quantitative estimate of drug-likeness (QED) is 0.452. The Kier molecular flexibility index (Phi) is 5.49. The molecule has 0 fully saturated rings. The van der Waals surface area contributed by atoms with E-state index in [1.807, 2.05) is 6.07 Å². The van der Waals surface area contributed by atoms with Crippen molar-refractivity contribution in [2.24, 2.45) is 0 Å². The lowest BCUT2D eigenvalue weighted by Gasteiger charge is -2.20. The molecule has 0 saturated carbocycles. The average molecular weight is 409 g/mol. The normalized spacial score (nSPS) is 12.3. The summed E-state index contributed by atoms with van der Waals surface area (Å²) in [5.74, 6) is 0.192. The average Bonchev–Trinajstić information content (AvgIpc) is 2.77. The number of ether oxygens (including phenoxy) is 3. The standard InChI is InChI=1S/C23H17ClO5/c24-19-12-15(13-20-22(19)28-11-10-27-20)14-29-23(26)18-9-5-4-8-17(18)21(25)16-6-2-1-3-7-16/h1-9,12-13H,10-11,14H2. The zero-order valence-electron chi connectivity index (χ0n) is 15.4. The van der Waals surface area contributed by atoms with Gasteiger partial charge in [-0.1, -0.05) is 60.1 Å². The Bertz CT molecular complexity index is 1060. The molecule has 0 bridgehead atoms. The van der Waals surface area contributed by atoms with Gasteiger partial charge in [-0.2, -0.15) is 0 Å². The summed E-state index contributed by atoms with van der Waals surface area (Å²) >= 11 is 6.22. The molecule has 146 valence electrons. The fourth-order valence-corrected chi connectivity index (χ4v) is 3.37. The van der Waals surface area contributed by atoms with Gasteiger partial charge in [0, 0.05) is 11.1 Å². The molecule has 0 aromatic heterocycles. The molecule has 3 aromatic rings. The van der Waals surface area contributed by atoms with Crippen LogP contribution in [-0.2, 0) is 11.3 Å². The minimum absolute atomic E-state index is 0.0109. The van der Waals surface area contributed by atoms with Crippen molar-refractivity contribution in [2.45, 2.75) is 6.61 Å². The molecular formula is C23H17ClO5. The summed E-state index contributed by atoms with van der Waals surface area (Å²) in [4.78, 5) is 25.5. The molecule has 1 aliphatic rings. The zero-order valence-corrected chi connectivity index (χ0v) is 16.1. The molecule has 6 heteroatoms. The Morgan fingerprint density at radius 3 is 2.38 bits per heavy atom. The van der Waals surface area contributed by atoms with E-state index in [4.69, 9.17) is 25.8 Å². The molecule has 0 radical (unpaired) electrons. The fourth-order valence-electron chi connectivity index (χ4n) is 3.08. The lowest BCUT2D eigenvalue weighted by atomic mass is 9.98. The maximum atomic E-state index is 12.8. The highest BCUT2D eigenvalue weighted by molar-refractivity contribution is 6.32. The van der Waals surface area contributed by atoms with Crippen LogP contribution in [0.15, 0.2) is 66.7 Å². The van der Waals surface area contributed by atoms with Crippen LogP contribution in [0.25, 0.3) is 0 Å². The maximum Gasteiger partial charge on any atom is 0.339 e. The van der Waals surface area contributed by atoms with Crippen molar-refractivity contribution in [1.29, 1.82) is 0 Å². The molecule has 0 unspecified atom stereocenters. The summed E-state index contributed by atoms with van der Waals surface area (Å²) in [6.45, 7) is 0.859. The number of ketones is 1. The second kappa shape index (κ2) is 8.37. The third-order valence-corrected chi connectivity index (χ3v) is 4.73. The van der Waals surface area contributed by atoms with Gasteiger partial charge in [-0.15, -0.1) is 0 Å². The lowest BCUT2D eigenvalue weighted by molar-refractivity contribution is 0.0469.